The largest absolute Gasteiger partial charge is 0.382 e. The van der Waals surface area contributed by atoms with Gasteiger partial charge in [-0.25, -0.2) is 9.07 Å². The highest BCUT2D eigenvalue weighted by atomic mass is 19.1. The SMILES string of the molecule is C#CCNC(=NCCCc1nn(-c2ccc(F)cc2)c(N)c1C#N)NCC. The van der Waals surface area contributed by atoms with E-state index in [1.165, 1.54) is 16.8 Å². The molecule has 0 aliphatic carbocycles. The molecular formula is C19H22FN7. The van der Waals surface area contributed by atoms with E-state index in [0.717, 1.165) is 6.54 Å². The predicted molar refractivity (Wildman–Crippen MR) is 104 cm³/mol. The lowest BCUT2D eigenvalue weighted by Gasteiger charge is -2.08. The number of nitrogens with two attached hydrogens (primary N) is 1. The third-order valence-corrected chi connectivity index (χ3v) is 3.72. The minimum atomic E-state index is -0.349. The Morgan fingerprint density at radius 2 is 2.11 bits per heavy atom. The van der Waals surface area contributed by atoms with Crippen LogP contribution < -0.4 is 16.4 Å². The second-order valence-electron chi connectivity index (χ2n) is 5.63. The molecule has 0 amide bonds. The number of nitrogens with zero attached hydrogens (tertiary/aromatic N) is 4. The molecule has 27 heavy (non-hydrogen) atoms. The molecule has 1 heterocycles. The Labute approximate surface area is 158 Å². The van der Waals surface area contributed by atoms with Crippen molar-refractivity contribution in [1.29, 1.82) is 5.26 Å². The van der Waals surface area contributed by atoms with Crippen LogP contribution in [0.4, 0.5) is 10.2 Å². The number of benzene rings is 1. The highest BCUT2D eigenvalue weighted by Crippen LogP contribution is 2.21. The fourth-order valence-corrected chi connectivity index (χ4v) is 2.47. The maximum Gasteiger partial charge on any atom is 0.192 e. The number of aryl methyl sites for hydroxylation is 1. The first-order chi connectivity index (χ1) is 13.1. The highest BCUT2D eigenvalue weighted by Gasteiger charge is 2.16. The smallest absolute Gasteiger partial charge is 0.192 e. The van der Waals surface area contributed by atoms with Crippen molar-refractivity contribution >= 4 is 11.8 Å². The normalized spacial score (nSPS) is 10.9. The van der Waals surface area contributed by atoms with Gasteiger partial charge in [-0.15, -0.1) is 6.42 Å². The van der Waals surface area contributed by atoms with Gasteiger partial charge >= 0.3 is 0 Å². The number of nitrogens with one attached hydrogen (secondary N) is 2. The van der Waals surface area contributed by atoms with Crippen LogP contribution in [0.25, 0.3) is 5.69 Å². The number of nitrogen functional groups attached to an aromatic ring is 1. The van der Waals surface area contributed by atoms with Gasteiger partial charge in [0.1, 0.15) is 23.3 Å². The van der Waals surface area contributed by atoms with Crippen LogP contribution in [0, 0.1) is 29.5 Å². The van der Waals surface area contributed by atoms with Crippen molar-refractivity contribution in [3.8, 4) is 24.1 Å². The van der Waals surface area contributed by atoms with E-state index in [0.29, 0.717) is 48.8 Å². The summed E-state index contributed by atoms with van der Waals surface area (Å²) in [5.41, 5.74) is 7.58. The van der Waals surface area contributed by atoms with Crippen LogP contribution >= 0.6 is 0 Å². The summed E-state index contributed by atoms with van der Waals surface area (Å²) in [5.74, 6) is 3.04. The highest BCUT2D eigenvalue weighted by molar-refractivity contribution is 5.79. The van der Waals surface area contributed by atoms with E-state index in [1.54, 1.807) is 12.1 Å². The third-order valence-electron chi connectivity index (χ3n) is 3.72. The summed E-state index contributed by atoms with van der Waals surface area (Å²) in [6.45, 7) is 3.63. The zero-order valence-corrected chi connectivity index (χ0v) is 15.2. The summed E-state index contributed by atoms with van der Waals surface area (Å²) in [6.07, 6.45) is 6.46. The van der Waals surface area contributed by atoms with E-state index >= 15 is 0 Å². The molecular weight excluding hydrogens is 345 g/mol. The number of nitriles is 1. The number of hydrogen-bond donors (Lipinski definition) is 3. The topological polar surface area (TPSA) is 104 Å². The summed E-state index contributed by atoms with van der Waals surface area (Å²) in [7, 11) is 0. The Kier molecular flexibility index (Phi) is 7.21. The van der Waals surface area contributed by atoms with Crippen molar-refractivity contribution in [2.24, 2.45) is 4.99 Å². The Hall–Kier alpha value is -3.52. The molecule has 0 bridgehead atoms. The molecule has 1 aromatic carbocycles. The predicted octanol–water partition coefficient (Wildman–Crippen LogP) is 1.59. The second-order valence-corrected chi connectivity index (χ2v) is 5.63. The van der Waals surface area contributed by atoms with Crippen LogP contribution in [0.5, 0.6) is 0 Å². The van der Waals surface area contributed by atoms with Crippen molar-refractivity contribution < 1.29 is 4.39 Å². The molecule has 4 N–H and O–H groups in total. The molecule has 140 valence electrons. The zero-order valence-electron chi connectivity index (χ0n) is 15.2. The van der Waals surface area contributed by atoms with E-state index in [1.807, 2.05) is 6.92 Å². The minimum Gasteiger partial charge on any atom is -0.382 e. The molecule has 0 unspecified atom stereocenters. The average molecular weight is 367 g/mol. The monoisotopic (exact) mass is 367 g/mol. The lowest BCUT2D eigenvalue weighted by atomic mass is 10.1. The van der Waals surface area contributed by atoms with Gasteiger partial charge in [0.15, 0.2) is 5.96 Å². The first-order valence-corrected chi connectivity index (χ1v) is 8.59. The lowest BCUT2D eigenvalue weighted by Crippen LogP contribution is -2.37. The maximum atomic E-state index is 13.1. The van der Waals surface area contributed by atoms with Crippen molar-refractivity contribution in [3.05, 3.63) is 41.3 Å². The van der Waals surface area contributed by atoms with Crippen molar-refractivity contribution in [2.75, 3.05) is 25.4 Å². The number of hydrogen-bond acceptors (Lipinski definition) is 4. The van der Waals surface area contributed by atoms with Gasteiger partial charge < -0.3 is 16.4 Å². The first kappa shape index (κ1) is 19.8. The quantitative estimate of drug-likeness (QED) is 0.298. The molecule has 0 radical (unpaired) electrons. The minimum absolute atomic E-state index is 0.242. The molecule has 0 aliphatic heterocycles. The second kappa shape index (κ2) is 9.83. The number of terminal acetylenes is 1. The summed E-state index contributed by atoms with van der Waals surface area (Å²) in [4.78, 5) is 4.43. The van der Waals surface area contributed by atoms with Crippen LogP contribution in [0.15, 0.2) is 29.3 Å². The molecule has 0 atom stereocenters. The van der Waals surface area contributed by atoms with Gasteiger partial charge in [-0.3, -0.25) is 4.99 Å². The number of halogens is 1. The van der Waals surface area contributed by atoms with Gasteiger partial charge in [0.2, 0.25) is 0 Å². The Morgan fingerprint density at radius 3 is 2.74 bits per heavy atom. The number of anilines is 1. The van der Waals surface area contributed by atoms with E-state index in [-0.39, 0.29) is 11.6 Å². The molecule has 0 aliphatic rings. The molecule has 0 spiro atoms. The van der Waals surface area contributed by atoms with E-state index in [9.17, 15) is 9.65 Å². The van der Waals surface area contributed by atoms with Crippen molar-refractivity contribution in [3.63, 3.8) is 0 Å². The summed E-state index contributed by atoms with van der Waals surface area (Å²) >= 11 is 0. The zero-order chi connectivity index (χ0) is 19.6. The molecule has 1 aromatic heterocycles. The van der Waals surface area contributed by atoms with Gasteiger partial charge in [-0.1, -0.05) is 5.92 Å². The van der Waals surface area contributed by atoms with Gasteiger partial charge in [0.05, 0.1) is 17.9 Å². The van der Waals surface area contributed by atoms with Crippen LogP contribution in [-0.4, -0.2) is 35.4 Å². The van der Waals surface area contributed by atoms with Crippen LogP contribution in [0.3, 0.4) is 0 Å². The summed E-state index contributed by atoms with van der Waals surface area (Å²) in [5, 5.41) is 19.9. The Morgan fingerprint density at radius 1 is 1.37 bits per heavy atom. The van der Waals surface area contributed by atoms with Gasteiger partial charge in [0, 0.05) is 13.1 Å². The number of aliphatic imine (C=N–C) groups is 1. The molecule has 7 nitrogen and oxygen atoms in total. The van der Waals surface area contributed by atoms with Gasteiger partial charge in [-0.05, 0) is 44.0 Å². The number of aromatic nitrogens is 2. The summed E-state index contributed by atoms with van der Waals surface area (Å²) in [6, 6.07) is 7.87. The van der Waals surface area contributed by atoms with Crippen LogP contribution in [-0.2, 0) is 6.42 Å². The van der Waals surface area contributed by atoms with Gasteiger partial charge in [-0.2, -0.15) is 10.4 Å². The molecule has 2 rings (SSSR count). The van der Waals surface area contributed by atoms with Crippen molar-refractivity contribution in [2.45, 2.75) is 19.8 Å². The Bertz CT molecular complexity index is 869. The maximum absolute atomic E-state index is 13.1. The molecule has 0 fully saturated rings. The fraction of sp³-hybridized carbons (Fsp3) is 0.316. The van der Waals surface area contributed by atoms with E-state index in [2.05, 4.69) is 32.7 Å². The third kappa shape index (κ3) is 5.23. The van der Waals surface area contributed by atoms with E-state index in [4.69, 9.17) is 12.2 Å². The van der Waals surface area contributed by atoms with Gasteiger partial charge in [0.25, 0.3) is 0 Å². The molecule has 0 saturated carbocycles. The molecule has 0 saturated heterocycles. The molecule has 2 aromatic rings. The molecule has 8 heteroatoms. The first-order valence-electron chi connectivity index (χ1n) is 8.59. The van der Waals surface area contributed by atoms with Crippen LogP contribution in [0.2, 0.25) is 0 Å². The number of guanidine groups is 1. The lowest BCUT2D eigenvalue weighted by molar-refractivity contribution is 0.627. The Balaban J connectivity index is 2.08. The van der Waals surface area contributed by atoms with Crippen LogP contribution in [0.1, 0.15) is 24.6 Å². The fourth-order valence-electron chi connectivity index (χ4n) is 2.47. The van der Waals surface area contributed by atoms with E-state index < -0.39 is 0 Å². The number of rotatable bonds is 7. The average Bonchev–Trinajstić information content (AvgIpc) is 2.99. The summed E-state index contributed by atoms with van der Waals surface area (Å²) < 4.78 is 14.6. The van der Waals surface area contributed by atoms with Crippen molar-refractivity contribution in [1.82, 2.24) is 20.4 Å². The standard InChI is InChI=1S/C19H22FN7/c1-3-11-24-19(23-4-2)25-12-5-6-17-16(13-21)18(22)27(26-17)15-9-7-14(20)8-10-15/h1,7-10H,4-6,11-12,22H2,2H3,(H2,23,24,25).